The van der Waals surface area contributed by atoms with E-state index in [9.17, 15) is 0 Å². The summed E-state index contributed by atoms with van der Waals surface area (Å²) in [6, 6.07) is 1.39. The third-order valence-corrected chi connectivity index (χ3v) is 3.33. The maximum absolute atomic E-state index is 5.98. The Morgan fingerprint density at radius 3 is 2.59 bits per heavy atom. The molecule has 1 aliphatic carbocycles. The number of nitrogens with one attached hydrogen (secondary N) is 1. The summed E-state index contributed by atoms with van der Waals surface area (Å²) in [7, 11) is 2.21. The first-order valence-corrected chi connectivity index (χ1v) is 7.18. The number of hydrogen-bond acceptors (Lipinski definition) is 3. The lowest BCUT2D eigenvalue weighted by Gasteiger charge is -2.22. The zero-order valence-corrected chi connectivity index (χ0v) is 12.0. The zero-order chi connectivity index (χ0) is 12.7. The number of likely N-dealkylation sites (N-methyl/N-ethyl adjacent to an activating group) is 1. The SMILES string of the molecule is CCCC(CNC(C)C)OCCN(C)C1CC1. The molecule has 0 aromatic heterocycles. The van der Waals surface area contributed by atoms with Gasteiger partial charge >= 0.3 is 0 Å². The van der Waals surface area contributed by atoms with Crippen LogP contribution < -0.4 is 5.32 Å². The first-order valence-electron chi connectivity index (χ1n) is 7.18. The minimum absolute atomic E-state index is 0.384. The predicted octanol–water partition coefficient (Wildman–Crippen LogP) is 2.26. The number of nitrogens with zero attached hydrogens (tertiary/aromatic N) is 1. The van der Waals surface area contributed by atoms with Gasteiger partial charge in [-0.15, -0.1) is 0 Å². The fourth-order valence-corrected chi connectivity index (χ4v) is 1.99. The van der Waals surface area contributed by atoms with Crippen molar-refractivity contribution in [3.63, 3.8) is 0 Å². The molecule has 1 fully saturated rings. The van der Waals surface area contributed by atoms with Gasteiger partial charge in [0.1, 0.15) is 0 Å². The van der Waals surface area contributed by atoms with Crippen molar-refractivity contribution in [3.05, 3.63) is 0 Å². The van der Waals surface area contributed by atoms with Crippen LogP contribution in [0.15, 0.2) is 0 Å². The smallest absolute Gasteiger partial charge is 0.0700 e. The van der Waals surface area contributed by atoms with Crippen molar-refractivity contribution < 1.29 is 4.74 Å². The Bertz CT molecular complexity index is 193. The summed E-state index contributed by atoms with van der Waals surface area (Å²) in [5, 5.41) is 3.47. The third kappa shape index (κ3) is 7.02. The van der Waals surface area contributed by atoms with Gasteiger partial charge in [0.25, 0.3) is 0 Å². The second kappa shape index (κ2) is 8.06. The van der Waals surface area contributed by atoms with Gasteiger partial charge in [-0.05, 0) is 26.3 Å². The number of rotatable bonds is 10. The van der Waals surface area contributed by atoms with Crippen molar-refractivity contribution in [2.75, 3.05) is 26.7 Å². The standard InChI is InChI=1S/C14H30N2O/c1-5-6-14(11-15-12(2)3)17-10-9-16(4)13-7-8-13/h12-15H,5-11H2,1-4H3. The van der Waals surface area contributed by atoms with Crippen LogP contribution in [0.3, 0.4) is 0 Å². The van der Waals surface area contributed by atoms with E-state index in [4.69, 9.17) is 4.74 Å². The van der Waals surface area contributed by atoms with Crippen molar-refractivity contribution in [1.29, 1.82) is 0 Å². The lowest BCUT2D eigenvalue weighted by atomic mass is 10.2. The zero-order valence-electron chi connectivity index (χ0n) is 12.0. The largest absolute Gasteiger partial charge is 0.376 e. The van der Waals surface area contributed by atoms with Crippen LogP contribution in [-0.4, -0.2) is 49.8 Å². The van der Waals surface area contributed by atoms with Gasteiger partial charge in [0.15, 0.2) is 0 Å². The summed E-state index contributed by atoms with van der Waals surface area (Å²) in [6.07, 6.45) is 5.50. The van der Waals surface area contributed by atoms with Crippen LogP contribution in [-0.2, 0) is 4.74 Å². The summed E-state index contributed by atoms with van der Waals surface area (Å²) in [5.74, 6) is 0. The number of ether oxygens (including phenoxy) is 1. The molecule has 3 heteroatoms. The van der Waals surface area contributed by atoms with Crippen LogP contribution in [0.4, 0.5) is 0 Å². The predicted molar refractivity (Wildman–Crippen MR) is 73.4 cm³/mol. The van der Waals surface area contributed by atoms with Gasteiger partial charge in [-0.3, -0.25) is 0 Å². The van der Waals surface area contributed by atoms with Crippen LogP contribution in [0.5, 0.6) is 0 Å². The van der Waals surface area contributed by atoms with Gasteiger partial charge in [0, 0.05) is 25.2 Å². The van der Waals surface area contributed by atoms with Gasteiger partial charge in [-0.2, -0.15) is 0 Å². The fourth-order valence-electron chi connectivity index (χ4n) is 1.99. The highest BCUT2D eigenvalue weighted by atomic mass is 16.5. The Labute approximate surface area is 107 Å². The van der Waals surface area contributed by atoms with Crippen molar-refractivity contribution in [3.8, 4) is 0 Å². The molecule has 0 bridgehead atoms. The Morgan fingerprint density at radius 2 is 2.06 bits per heavy atom. The average molecular weight is 242 g/mol. The van der Waals surface area contributed by atoms with Crippen LogP contribution in [0, 0.1) is 0 Å². The molecule has 0 amide bonds. The Morgan fingerprint density at radius 1 is 1.35 bits per heavy atom. The first kappa shape index (κ1) is 14.9. The molecule has 0 aliphatic heterocycles. The van der Waals surface area contributed by atoms with Crippen LogP contribution >= 0.6 is 0 Å². The van der Waals surface area contributed by atoms with E-state index in [0.29, 0.717) is 12.1 Å². The molecule has 0 aromatic rings. The van der Waals surface area contributed by atoms with E-state index in [2.05, 4.69) is 38.0 Å². The minimum atomic E-state index is 0.384. The van der Waals surface area contributed by atoms with E-state index < -0.39 is 0 Å². The van der Waals surface area contributed by atoms with Crippen molar-refractivity contribution >= 4 is 0 Å². The van der Waals surface area contributed by atoms with Gasteiger partial charge in [-0.1, -0.05) is 27.2 Å². The second-order valence-electron chi connectivity index (χ2n) is 5.56. The Hall–Kier alpha value is -0.120. The first-order chi connectivity index (χ1) is 8.13. The molecular formula is C14H30N2O. The average Bonchev–Trinajstić information content (AvgIpc) is 3.09. The van der Waals surface area contributed by atoms with Gasteiger partial charge in [0.2, 0.25) is 0 Å². The van der Waals surface area contributed by atoms with E-state index in [1.807, 2.05) is 0 Å². The van der Waals surface area contributed by atoms with Gasteiger partial charge < -0.3 is 15.0 Å². The molecular weight excluding hydrogens is 212 g/mol. The Kier molecular flexibility index (Phi) is 7.09. The van der Waals surface area contributed by atoms with E-state index in [-0.39, 0.29) is 0 Å². The van der Waals surface area contributed by atoms with Crippen molar-refractivity contribution in [2.45, 2.75) is 64.6 Å². The molecule has 0 spiro atoms. The maximum Gasteiger partial charge on any atom is 0.0700 e. The molecule has 3 nitrogen and oxygen atoms in total. The van der Waals surface area contributed by atoms with Crippen molar-refractivity contribution in [2.24, 2.45) is 0 Å². The lowest BCUT2D eigenvalue weighted by molar-refractivity contribution is 0.0338. The summed E-state index contributed by atoms with van der Waals surface area (Å²) in [5.41, 5.74) is 0. The summed E-state index contributed by atoms with van der Waals surface area (Å²) < 4.78 is 5.98. The molecule has 0 radical (unpaired) electrons. The van der Waals surface area contributed by atoms with Crippen LogP contribution in [0.1, 0.15) is 46.5 Å². The van der Waals surface area contributed by atoms with Crippen LogP contribution in [0.2, 0.25) is 0 Å². The fraction of sp³-hybridized carbons (Fsp3) is 1.00. The monoisotopic (exact) mass is 242 g/mol. The molecule has 1 aliphatic rings. The second-order valence-corrected chi connectivity index (χ2v) is 5.56. The van der Waals surface area contributed by atoms with E-state index in [0.717, 1.165) is 32.2 Å². The van der Waals surface area contributed by atoms with Gasteiger partial charge in [0.05, 0.1) is 12.7 Å². The van der Waals surface area contributed by atoms with Crippen molar-refractivity contribution in [1.82, 2.24) is 10.2 Å². The molecule has 1 rings (SSSR count). The molecule has 1 N–H and O–H groups in total. The highest BCUT2D eigenvalue weighted by molar-refractivity contribution is 4.82. The molecule has 1 saturated carbocycles. The van der Waals surface area contributed by atoms with E-state index >= 15 is 0 Å². The minimum Gasteiger partial charge on any atom is -0.376 e. The normalized spacial score (nSPS) is 18.0. The summed E-state index contributed by atoms with van der Waals surface area (Å²) in [4.78, 5) is 2.43. The van der Waals surface area contributed by atoms with Crippen LogP contribution in [0.25, 0.3) is 0 Å². The highest BCUT2D eigenvalue weighted by Crippen LogP contribution is 2.24. The number of hydrogen-bond donors (Lipinski definition) is 1. The molecule has 1 unspecified atom stereocenters. The topological polar surface area (TPSA) is 24.5 Å². The molecule has 0 saturated heterocycles. The van der Waals surface area contributed by atoms with E-state index in [1.165, 1.54) is 19.3 Å². The third-order valence-electron chi connectivity index (χ3n) is 3.33. The molecule has 1 atom stereocenters. The summed E-state index contributed by atoms with van der Waals surface area (Å²) >= 11 is 0. The molecule has 0 aromatic carbocycles. The molecule has 17 heavy (non-hydrogen) atoms. The lowest BCUT2D eigenvalue weighted by Crippen LogP contribution is -2.35. The highest BCUT2D eigenvalue weighted by Gasteiger charge is 2.25. The quantitative estimate of drug-likeness (QED) is 0.636. The molecule has 0 heterocycles. The Balaban J connectivity index is 2.09. The summed E-state index contributed by atoms with van der Waals surface area (Å²) in [6.45, 7) is 9.53. The van der Waals surface area contributed by atoms with Gasteiger partial charge in [-0.25, -0.2) is 0 Å². The maximum atomic E-state index is 5.98. The molecule has 102 valence electrons. The van der Waals surface area contributed by atoms with E-state index in [1.54, 1.807) is 0 Å².